The molecular weight excluding hydrogens is 458 g/mol. The van der Waals surface area contributed by atoms with Gasteiger partial charge in [0.15, 0.2) is 0 Å². The molecule has 0 rings (SSSR count). The Balaban J connectivity index is 5.50. The van der Waals surface area contributed by atoms with Gasteiger partial charge in [-0.3, -0.25) is 19.2 Å². The second-order valence-corrected chi connectivity index (χ2v) is 9.60. The van der Waals surface area contributed by atoms with E-state index in [1.165, 1.54) is 0 Å². The van der Waals surface area contributed by atoms with Gasteiger partial charge in [0.05, 0.1) is 6.04 Å². The minimum absolute atomic E-state index is 0.00763. The van der Waals surface area contributed by atoms with Gasteiger partial charge in [0.25, 0.3) is 0 Å². The molecule has 4 atom stereocenters. The Labute approximate surface area is 206 Å². The lowest BCUT2D eigenvalue weighted by molar-refractivity contribution is -0.143. The zero-order valence-corrected chi connectivity index (χ0v) is 21.2. The van der Waals surface area contributed by atoms with Crippen molar-refractivity contribution in [2.45, 2.75) is 96.8 Å². The average Bonchev–Trinajstić information content (AvgIpc) is 2.74. The van der Waals surface area contributed by atoms with Gasteiger partial charge in [-0.15, -0.1) is 0 Å². The largest absolute Gasteiger partial charge is 0.481 e. The van der Waals surface area contributed by atoms with Crippen LogP contribution in [0.2, 0.25) is 0 Å². The van der Waals surface area contributed by atoms with Crippen molar-refractivity contribution in [1.82, 2.24) is 16.0 Å². The summed E-state index contributed by atoms with van der Waals surface area (Å²) in [5.74, 6) is -4.13. The van der Waals surface area contributed by atoms with Crippen LogP contribution in [-0.2, 0) is 24.0 Å². The third-order valence-corrected chi connectivity index (χ3v) is 5.25. The summed E-state index contributed by atoms with van der Waals surface area (Å²) in [6, 6.07) is -4.23. The summed E-state index contributed by atoms with van der Waals surface area (Å²) in [5.41, 5.74) is 11.3. The first-order chi connectivity index (χ1) is 16.3. The lowest BCUT2D eigenvalue weighted by atomic mass is 10.0. The molecule has 0 aliphatic carbocycles. The molecule has 0 spiro atoms. The summed E-state index contributed by atoms with van der Waals surface area (Å²) < 4.78 is 0. The molecule has 0 aliphatic rings. The minimum Gasteiger partial charge on any atom is -0.481 e. The number of carboxylic acids is 2. The quantitative estimate of drug-likeness (QED) is 0.125. The van der Waals surface area contributed by atoms with Crippen LogP contribution in [0, 0.1) is 11.8 Å². The van der Waals surface area contributed by atoms with Crippen molar-refractivity contribution in [3.63, 3.8) is 0 Å². The first-order valence-corrected chi connectivity index (χ1v) is 12.1. The normalized spacial score (nSPS) is 14.6. The summed E-state index contributed by atoms with van der Waals surface area (Å²) in [6.45, 7) is 7.77. The lowest BCUT2D eigenvalue weighted by Crippen LogP contribution is -2.57. The van der Waals surface area contributed by atoms with Crippen LogP contribution in [0.25, 0.3) is 0 Å². The van der Waals surface area contributed by atoms with Gasteiger partial charge >= 0.3 is 11.9 Å². The summed E-state index contributed by atoms with van der Waals surface area (Å²) in [6.07, 6.45) is 1.48. The molecule has 0 saturated heterocycles. The van der Waals surface area contributed by atoms with Gasteiger partial charge in [0.1, 0.15) is 18.1 Å². The van der Waals surface area contributed by atoms with Crippen LogP contribution in [-0.4, -0.2) is 70.6 Å². The van der Waals surface area contributed by atoms with E-state index in [-0.39, 0.29) is 43.9 Å². The molecule has 4 unspecified atom stereocenters. The summed E-state index contributed by atoms with van der Waals surface area (Å²) >= 11 is 0. The molecule has 35 heavy (non-hydrogen) atoms. The Morgan fingerprint density at radius 3 is 1.69 bits per heavy atom. The third-order valence-electron chi connectivity index (χ3n) is 5.25. The van der Waals surface area contributed by atoms with Crippen LogP contribution >= 0.6 is 0 Å². The van der Waals surface area contributed by atoms with Crippen LogP contribution in [0.5, 0.6) is 0 Å². The first-order valence-electron chi connectivity index (χ1n) is 12.1. The molecule has 0 aromatic rings. The molecule has 202 valence electrons. The van der Waals surface area contributed by atoms with Gasteiger partial charge in [0, 0.05) is 6.42 Å². The number of unbranched alkanes of at least 4 members (excludes halogenated alkanes) is 1. The van der Waals surface area contributed by atoms with E-state index in [1.54, 1.807) is 0 Å². The predicted molar refractivity (Wildman–Crippen MR) is 130 cm³/mol. The van der Waals surface area contributed by atoms with Crippen LogP contribution < -0.4 is 27.4 Å². The Morgan fingerprint density at radius 2 is 1.20 bits per heavy atom. The topological polar surface area (TPSA) is 214 Å². The Morgan fingerprint density at radius 1 is 0.714 bits per heavy atom. The standard InChI is InChI=1S/C23H43N5O7/c1-13(2)11-17(27-20(31)15(25)8-9-19(29)30)22(33)26-16(7-5-6-10-24)21(32)28-18(23(34)35)12-14(3)4/h13-18H,5-12,24-25H2,1-4H3,(H,26,33)(H,27,31)(H,28,32)(H,29,30)(H,34,35). The fraction of sp³-hybridized carbons (Fsp3) is 0.783. The molecule has 0 saturated carbocycles. The van der Waals surface area contributed by atoms with Gasteiger partial charge < -0.3 is 37.6 Å². The number of hydrogen-bond donors (Lipinski definition) is 7. The van der Waals surface area contributed by atoms with E-state index in [2.05, 4.69) is 16.0 Å². The van der Waals surface area contributed by atoms with Gasteiger partial charge in [0.2, 0.25) is 17.7 Å². The molecule has 12 heteroatoms. The van der Waals surface area contributed by atoms with Crippen molar-refractivity contribution in [1.29, 1.82) is 0 Å². The number of aliphatic carboxylic acids is 2. The molecule has 9 N–H and O–H groups in total. The maximum absolute atomic E-state index is 13.1. The molecule has 0 bridgehead atoms. The highest BCUT2D eigenvalue weighted by Gasteiger charge is 2.30. The number of carboxylic acid groups (broad SMARTS) is 2. The van der Waals surface area contributed by atoms with Crippen molar-refractivity contribution in [2.24, 2.45) is 23.3 Å². The number of carbonyl (C=O) groups excluding carboxylic acids is 3. The van der Waals surface area contributed by atoms with Crippen LogP contribution in [0.3, 0.4) is 0 Å². The van der Waals surface area contributed by atoms with Crippen molar-refractivity contribution >= 4 is 29.7 Å². The highest BCUT2D eigenvalue weighted by atomic mass is 16.4. The summed E-state index contributed by atoms with van der Waals surface area (Å²) in [4.78, 5) is 60.7. The van der Waals surface area contributed by atoms with Crippen molar-refractivity contribution in [3.8, 4) is 0 Å². The third kappa shape index (κ3) is 14.3. The molecule has 0 fully saturated rings. The highest BCUT2D eigenvalue weighted by Crippen LogP contribution is 2.10. The molecular formula is C23H43N5O7. The van der Waals surface area contributed by atoms with Crippen LogP contribution in [0.4, 0.5) is 0 Å². The molecule has 0 radical (unpaired) electrons. The zero-order valence-electron chi connectivity index (χ0n) is 21.2. The predicted octanol–water partition coefficient (Wildman–Crippen LogP) is -0.0613. The zero-order chi connectivity index (χ0) is 27.1. The average molecular weight is 502 g/mol. The number of amides is 3. The number of carbonyl (C=O) groups is 5. The maximum atomic E-state index is 13.1. The van der Waals surface area contributed by atoms with Crippen LogP contribution in [0.15, 0.2) is 0 Å². The van der Waals surface area contributed by atoms with Crippen molar-refractivity contribution in [3.05, 3.63) is 0 Å². The maximum Gasteiger partial charge on any atom is 0.326 e. The minimum atomic E-state index is -1.17. The Bertz CT molecular complexity index is 714. The van der Waals surface area contributed by atoms with Gasteiger partial charge in [-0.05, 0) is 56.9 Å². The van der Waals surface area contributed by atoms with E-state index < -0.39 is 53.8 Å². The molecule has 0 aromatic carbocycles. The smallest absolute Gasteiger partial charge is 0.326 e. The molecule has 0 aliphatic heterocycles. The fourth-order valence-corrected chi connectivity index (χ4v) is 3.39. The van der Waals surface area contributed by atoms with E-state index in [0.717, 1.165) is 0 Å². The number of nitrogens with two attached hydrogens (primary N) is 2. The second-order valence-electron chi connectivity index (χ2n) is 9.60. The Hall–Kier alpha value is -2.73. The highest BCUT2D eigenvalue weighted by molar-refractivity contribution is 5.94. The van der Waals surface area contributed by atoms with E-state index in [4.69, 9.17) is 16.6 Å². The monoisotopic (exact) mass is 501 g/mol. The Kier molecular flexibility index (Phi) is 15.5. The molecule has 0 aromatic heterocycles. The SMILES string of the molecule is CC(C)CC(NC(=O)C(CCCCN)NC(=O)C(CC(C)C)NC(=O)C(N)CCC(=O)O)C(=O)O. The van der Waals surface area contributed by atoms with Gasteiger partial charge in [-0.2, -0.15) is 0 Å². The van der Waals surface area contributed by atoms with E-state index in [1.807, 2.05) is 27.7 Å². The first kappa shape index (κ1) is 32.3. The fourth-order valence-electron chi connectivity index (χ4n) is 3.39. The van der Waals surface area contributed by atoms with E-state index in [0.29, 0.717) is 19.4 Å². The van der Waals surface area contributed by atoms with E-state index in [9.17, 15) is 29.1 Å². The van der Waals surface area contributed by atoms with Crippen molar-refractivity contribution in [2.75, 3.05) is 6.54 Å². The molecule has 0 heterocycles. The molecule has 12 nitrogen and oxygen atoms in total. The number of nitrogens with one attached hydrogen (secondary N) is 3. The lowest BCUT2D eigenvalue weighted by Gasteiger charge is -2.26. The van der Waals surface area contributed by atoms with Gasteiger partial charge in [-0.1, -0.05) is 27.7 Å². The van der Waals surface area contributed by atoms with Crippen molar-refractivity contribution < 1.29 is 34.2 Å². The summed E-state index contributed by atoms with van der Waals surface area (Å²) in [7, 11) is 0. The summed E-state index contributed by atoms with van der Waals surface area (Å²) in [5, 5.41) is 25.9. The number of rotatable bonds is 18. The molecule has 3 amide bonds. The number of hydrogen-bond acceptors (Lipinski definition) is 7. The van der Waals surface area contributed by atoms with E-state index >= 15 is 0 Å². The van der Waals surface area contributed by atoms with Crippen LogP contribution in [0.1, 0.15) is 72.6 Å². The second kappa shape index (κ2) is 16.8. The van der Waals surface area contributed by atoms with Gasteiger partial charge in [-0.25, -0.2) is 4.79 Å².